The Balaban J connectivity index is 2.41. The van der Waals surface area contributed by atoms with E-state index in [4.69, 9.17) is 14.9 Å². The van der Waals surface area contributed by atoms with Crippen LogP contribution in [0.15, 0.2) is 66.4 Å². The van der Waals surface area contributed by atoms with Crippen molar-refractivity contribution in [2.75, 3.05) is 0 Å². The predicted molar refractivity (Wildman–Crippen MR) is 75.9 cm³/mol. The Morgan fingerprint density at radius 1 is 0.905 bits per heavy atom. The van der Waals surface area contributed by atoms with Gasteiger partial charge in [0.15, 0.2) is 0 Å². The van der Waals surface area contributed by atoms with Gasteiger partial charge >= 0.3 is 11.9 Å². The van der Waals surface area contributed by atoms with Crippen LogP contribution in [0.2, 0.25) is 0 Å². The molecule has 5 heteroatoms. The second-order valence-corrected chi connectivity index (χ2v) is 4.12. The molecular formula is C16H12O5. The fourth-order valence-electron chi connectivity index (χ4n) is 1.78. The Labute approximate surface area is 120 Å². The monoisotopic (exact) mass is 284 g/mol. The Morgan fingerprint density at radius 3 is 2.14 bits per heavy atom. The second kappa shape index (κ2) is 6.38. The number of benzene rings is 2. The lowest BCUT2D eigenvalue weighted by Crippen LogP contribution is -2.10. The van der Waals surface area contributed by atoms with Crippen molar-refractivity contribution in [3.05, 3.63) is 66.4 Å². The molecule has 0 radical (unpaired) electrons. The molecule has 0 aromatic heterocycles. The number of para-hydroxylation sites is 1. The van der Waals surface area contributed by atoms with Gasteiger partial charge in [0, 0.05) is 5.56 Å². The van der Waals surface area contributed by atoms with E-state index in [1.807, 2.05) is 30.3 Å². The molecule has 0 saturated carbocycles. The zero-order chi connectivity index (χ0) is 15.2. The van der Waals surface area contributed by atoms with Crippen LogP contribution in [0, 0.1) is 0 Å². The van der Waals surface area contributed by atoms with Gasteiger partial charge in [0.25, 0.3) is 0 Å². The number of ether oxygens (including phenoxy) is 1. The van der Waals surface area contributed by atoms with Crippen molar-refractivity contribution in [1.29, 1.82) is 0 Å². The van der Waals surface area contributed by atoms with Gasteiger partial charge in [-0.3, -0.25) is 0 Å². The van der Waals surface area contributed by atoms with Crippen LogP contribution in [0.25, 0.3) is 11.1 Å². The molecule has 2 N–H and O–H groups in total. The van der Waals surface area contributed by atoms with Crippen molar-refractivity contribution in [2.45, 2.75) is 0 Å². The summed E-state index contributed by atoms with van der Waals surface area (Å²) < 4.78 is 5.25. The molecule has 0 unspecified atom stereocenters. The number of carboxylic acid groups (broad SMARTS) is 2. The minimum atomic E-state index is -1.44. The first-order valence-corrected chi connectivity index (χ1v) is 6.08. The number of aliphatic carboxylic acids is 2. The molecular weight excluding hydrogens is 272 g/mol. The lowest BCUT2D eigenvalue weighted by molar-refractivity contribution is -0.137. The fourth-order valence-corrected chi connectivity index (χ4v) is 1.78. The molecule has 0 saturated heterocycles. The van der Waals surface area contributed by atoms with Gasteiger partial charge in [0.05, 0.1) is 6.08 Å². The lowest BCUT2D eigenvalue weighted by atomic mass is 10.1. The van der Waals surface area contributed by atoms with Crippen molar-refractivity contribution >= 4 is 11.9 Å². The summed E-state index contributed by atoms with van der Waals surface area (Å²) in [7, 11) is 0. The average Bonchev–Trinajstić information content (AvgIpc) is 2.47. The van der Waals surface area contributed by atoms with E-state index >= 15 is 0 Å². The van der Waals surface area contributed by atoms with E-state index < -0.39 is 17.7 Å². The van der Waals surface area contributed by atoms with Crippen molar-refractivity contribution in [2.24, 2.45) is 0 Å². The maximum Gasteiger partial charge on any atom is 0.372 e. The topological polar surface area (TPSA) is 83.8 Å². The average molecular weight is 284 g/mol. The molecule has 0 fully saturated rings. The van der Waals surface area contributed by atoms with Crippen molar-refractivity contribution in [1.82, 2.24) is 0 Å². The number of carbonyl (C=O) groups is 2. The minimum Gasteiger partial charge on any atom is -0.478 e. The molecule has 106 valence electrons. The third-order valence-corrected chi connectivity index (χ3v) is 2.66. The lowest BCUT2D eigenvalue weighted by Gasteiger charge is -2.11. The highest BCUT2D eigenvalue weighted by atomic mass is 16.5. The van der Waals surface area contributed by atoms with Crippen LogP contribution in [-0.2, 0) is 9.59 Å². The second-order valence-electron chi connectivity index (χ2n) is 4.12. The molecule has 2 rings (SSSR count). The maximum atomic E-state index is 11.0. The highest BCUT2D eigenvalue weighted by molar-refractivity contribution is 5.93. The molecule has 2 aromatic rings. The Kier molecular flexibility index (Phi) is 4.36. The van der Waals surface area contributed by atoms with Gasteiger partial charge in [-0.05, 0) is 11.6 Å². The van der Waals surface area contributed by atoms with Gasteiger partial charge in [-0.1, -0.05) is 48.5 Å². The van der Waals surface area contributed by atoms with Crippen molar-refractivity contribution in [3.8, 4) is 16.9 Å². The highest BCUT2D eigenvalue weighted by Crippen LogP contribution is 2.30. The first-order valence-electron chi connectivity index (χ1n) is 6.08. The first-order chi connectivity index (χ1) is 10.1. The van der Waals surface area contributed by atoms with E-state index in [1.54, 1.807) is 24.3 Å². The largest absolute Gasteiger partial charge is 0.478 e. The predicted octanol–water partition coefficient (Wildman–Crippen LogP) is 2.79. The molecule has 0 aliphatic rings. The molecule has 21 heavy (non-hydrogen) atoms. The normalized spacial score (nSPS) is 11.0. The van der Waals surface area contributed by atoms with E-state index in [1.165, 1.54) is 0 Å². The Hall–Kier alpha value is -3.08. The van der Waals surface area contributed by atoms with Gasteiger partial charge in [-0.25, -0.2) is 9.59 Å². The molecule has 2 aromatic carbocycles. The van der Waals surface area contributed by atoms with Gasteiger partial charge in [0.2, 0.25) is 5.76 Å². The summed E-state index contributed by atoms with van der Waals surface area (Å²) in [6, 6.07) is 16.1. The van der Waals surface area contributed by atoms with Crippen LogP contribution in [-0.4, -0.2) is 22.2 Å². The maximum absolute atomic E-state index is 11.0. The molecule has 0 spiro atoms. The van der Waals surface area contributed by atoms with Crippen LogP contribution < -0.4 is 4.74 Å². The Bertz CT molecular complexity index is 689. The SMILES string of the molecule is O=C(O)/C=C(/Oc1ccccc1-c1ccccc1)C(=O)O. The van der Waals surface area contributed by atoms with Crippen LogP contribution in [0.5, 0.6) is 5.75 Å². The summed E-state index contributed by atoms with van der Waals surface area (Å²) >= 11 is 0. The van der Waals surface area contributed by atoms with Crippen LogP contribution in [0.3, 0.4) is 0 Å². The van der Waals surface area contributed by atoms with Crippen LogP contribution in [0.4, 0.5) is 0 Å². The summed E-state index contributed by atoms with van der Waals surface area (Å²) in [6.45, 7) is 0. The van der Waals surface area contributed by atoms with Crippen LogP contribution >= 0.6 is 0 Å². The zero-order valence-electron chi connectivity index (χ0n) is 10.9. The number of hydrogen-bond acceptors (Lipinski definition) is 3. The summed E-state index contributed by atoms with van der Waals surface area (Å²) in [5.74, 6) is -3.20. The zero-order valence-corrected chi connectivity index (χ0v) is 10.9. The van der Waals surface area contributed by atoms with E-state index in [0.29, 0.717) is 11.6 Å². The highest BCUT2D eigenvalue weighted by Gasteiger charge is 2.15. The summed E-state index contributed by atoms with van der Waals surface area (Å²) in [5.41, 5.74) is 1.52. The molecule has 0 aliphatic carbocycles. The standard InChI is InChI=1S/C16H12O5/c17-15(18)10-14(16(19)20)21-13-9-5-4-8-12(13)11-6-2-1-3-7-11/h1-10H,(H,17,18)(H,19,20)/b14-10+. The van der Waals surface area contributed by atoms with Gasteiger partial charge in [-0.15, -0.1) is 0 Å². The third kappa shape index (κ3) is 3.70. The number of carboxylic acids is 2. The molecule has 0 bridgehead atoms. The van der Waals surface area contributed by atoms with E-state index in [9.17, 15) is 9.59 Å². The molecule has 0 amide bonds. The van der Waals surface area contributed by atoms with Gasteiger partial charge in [0.1, 0.15) is 5.75 Å². The van der Waals surface area contributed by atoms with Gasteiger partial charge in [-0.2, -0.15) is 0 Å². The Morgan fingerprint density at radius 2 is 1.52 bits per heavy atom. The van der Waals surface area contributed by atoms with Crippen LogP contribution in [0.1, 0.15) is 0 Å². The molecule has 0 atom stereocenters. The summed E-state index contributed by atoms with van der Waals surface area (Å²) in [6.07, 6.45) is 0.518. The molecule has 5 nitrogen and oxygen atoms in total. The minimum absolute atomic E-state index is 0.276. The summed E-state index contributed by atoms with van der Waals surface area (Å²) in [4.78, 5) is 21.7. The van der Waals surface area contributed by atoms with Crippen molar-refractivity contribution in [3.63, 3.8) is 0 Å². The third-order valence-electron chi connectivity index (χ3n) is 2.66. The van der Waals surface area contributed by atoms with E-state index in [-0.39, 0.29) is 5.75 Å². The summed E-state index contributed by atoms with van der Waals surface area (Å²) in [5, 5.41) is 17.7. The smallest absolute Gasteiger partial charge is 0.372 e. The first kappa shape index (κ1) is 14.3. The van der Waals surface area contributed by atoms with Crippen molar-refractivity contribution < 1.29 is 24.5 Å². The fraction of sp³-hybridized carbons (Fsp3) is 0. The number of rotatable bonds is 5. The quantitative estimate of drug-likeness (QED) is 0.651. The molecule has 0 aliphatic heterocycles. The van der Waals surface area contributed by atoms with E-state index in [2.05, 4.69) is 0 Å². The molecule has 0 heterocycles. The van der Waals surface area contributed by atoms with Gasteiger partial charge < -0.3 is 14.9 Å². The van der Waals surface area contributed by atoms with E-state index in [0.717, 1.165) is 5.56 Å². The number of hydrogen-bond donors (Lipinski definition) is 2.